The van der Waals surface area contributed by atoms with Crippen LogP contribution in [0.5, 0.6) is 5.88 Å². The molecule has 3 aliphatic rings. The Morgan fingerprint density at radius 2 is 2.23 bits per heavy atom. The molecule has 0 unspecified atom stereocenters. The van der Waals surface area contributed by atoms with E-state index in [9.17, 15) is 13.4 Å². The lowest BCUT2D eigenvalue weighted by Gasteiger charge is -2.20. The number of benzene rings is 1. The minimum absolute atomic E-state index is 0.104. The van der Waals surface area contributed by atoms with Crippen LogP contribution in [-0.2, 0) is 42.1 Å². The molecule has 0 bridgehead atoms. The Hall–Kier alpha value is -2.46. The summed E-state index contributed by atoms with van der Waals surface area (Å²) in [5, 5.41) is 13.0. The molecule has 1 aromatic heterocycles. The number of amides is 2. The van der Waals surface area contributed by atoms with Crippen molar-refractivity contribution in [3.05, 3.63) is 34.5 Å². The maximum Gasteiger partial charge on any atom is 0.354 e. The number of nitrogens with one attached hydrogen (secondary N) is 1. The zero-order chi connectivity index (χ0) is 22.0. The first-order chi connectivity index (χ1) is 14.7. The van der Waals surface area contributed by atoms with Gasteiger partial charge in [-0.1, -0.05) is 13.0 Å². The highest BCUT2D eigenvalue weighted by Gasteiger charge is 2.38. The van der Waals surface area contributed by atoms with Crippen LogP contribution in [0.25, 0.3) is 0 Å². The van der Waals surface area contributed by atoms with E-state index in [-0.39, 0.29) is 17.2 Å². The van der Waals surface area contributed by atoms with Crippen LogP contribution in [0.15, 0.2) is 21.5 Å². The summed E-state index contributed by atoms with van der Waals surface area (Å²) in [5.74, 6) is 0.287. The van der Waals surface area contributed by atoms with Gasteiger partial charge in [0.2, 0.25) is 5.88 Å². The molecule has 0 saturated heterocycles. The molecule has 0 fully saturated rings. The smallest absolute Gasteiger partial charge is 0.354 e. The quantitative estimate of drug-likeness (QED) is 0.752. The molecule has 5 rings (SSSR count). The Morgan fingerprint density at radius 3 is 3.00 bits per heavy atom. The number of carbonyl (C=O) groups is 1. The maximum atomic E-state index is 14.1. The fourth-order valence-electron chi connectivity index (χ4n) is 4.79. The molecule has 2 heterocycles. The lowest BCUT2D eigenvalue weighted by atomic mass is 9.99. The molecule has 0 spiro atoms. The summed E-state index contributed by atoms with van der Waals surface area (Å²) in [6, 6.07) is 1.25. The molecule has 2 amide bonds. The molecular formula is C21H26FN5O3S. The van der Waals surface area contributed by atoms with Gasteiger partial charge >= 0.3 is 6.03 Å². The number of anilines is 1. The fraction of sp³-hybridized carbons (Fsp3) is 0.524. The second kappa shape index (κ2) is 7.03. The van der Waals surface area contributed by atoms with Gasteiger partial charge in [-0.15, -0.1) is 4.36 Å². The Kier molecular flexibility index (Phi) is 4.63. The summed E-state index contributed by atoms with van der Waals surface area (Å²) < 4.78 is 38.6. The summed E-state index contributed by atoms with van der Waals surface area (Å²) in [7, 11) is -3.58. The standard InChI is InChI=1S/C21H26FN5O3S/c1-3-21(2)11-27-19(30-21)17(10-24-27)31(23,29)26-20(28)25-18-15-6-4-5-12(15)7-13-8-14(22)9-16(13)18/h7,10,14H,3-6,8-9,11H2,1-2H3,(H3,23,25,26,28,29)/t14-,21-,31-/m0/s1. The van der Waals surface area contributed by atoms with Gasteiger partial charge in [0.15, 0.2) is 9.92 Å². The van der Waals surface area contributed by atoms with Crippen LogP contribution in [0.3, 0.4) is 0 Å². The van der Waals surface area contributed by atoms with Crippen LogP contribution < -0.4 is 15.2 Å². The molecular weight excluding hydrogens is 421 g/mol. The lowest BCUT2D eigenvalue weighted by Crippen LogP contribution is -2.30. The van der Waals surface area contributed by atoms with Gasteiger partial charge < -0.3 is 10.1 Å². The van der Waals surface area contributed by atoms with Crippen LogP contribution in [0.2, 0.25) is 0 Å². The number of nitrogens with zero attached hydrogens (tertiary/aromatic N) is 3. The van der Waals surface area contributed by atoms with Gasteiger partial charge in [-0.05, 0) is 54.9 Å². The predicted molar refractivity (Wildman–Crippen MR) is 114 cm³/mol. The van der Waals surface area contributed by atoms with Gasteiger partial charge in [0.25, 0.3) is 0 Å². The Balaban J connectivity index is 1.47. The highest BCUT2D eigenvalue weighted by Crippen LogP contribution is 2.40. The van der Waals surface area contributed by atoms with Gasteiger partial charge in [0.05, 0.1) is 12.7 Å². The molecule has 8 nitrogen and oxygen atoms in total. The highest BCUT2D eigenvalue weighted by molar-refractivity contribution is 7.91. The van der Waals surface area contributed by atoms with Crippen molar-refractivity contribution in [1.82, 2.24) is 9.78 Å². The third kappa shape index (κ3) is 3.41. The topological polar surface area (TPSA) is 112 Å². The number of hydrogen-bond acceptors (Lipinski definition) is 4. The summed E-state index contributed by atoms with van der Waals surface area (Å²) in [6.07, 6.45) is 4.44. The Morgan fingerprint density at radius 1 is 1.42 bits per heavy atom. The van der Waals surface area contributed by atoms with E-state index < -0.39 is 27.7 Å². The number of halogens is 1. The van der Waals surface area contributed by atoms with Gasteiger partial charge in [-0.25, -0.2) is 23.2 Å². The third-order valence-corrected chi connectivity index (χ3v) is 7.91. The SMILES string of the molecule is CC[C@@]1(C)Cn2ncc([S@@](N)(=O)=NC(=O)Nc3c4c(cc5c3C[C@@H](F)C5)CCC4)c2O1. The van der Waals surface area contributed by atoms with E-state index >= 15 is 0 Å². The van der Waals surface area contributed by atoms with Crippen LogP contribution in [-0.4, -0.2) is 31.8 Å². The molecule has 3 N–H and O–H groups in total. The molecule has 0 radical (unpaired) electrons. The first-order valence-electron chi connectivity index (χ1n) is 10.6. The number of nitrogens with two attached hydrogens (primary N) is 1. The molecule has 10 heteroatoms. The molecule has 31 heavy (non-hydrogen) atoms. The second-order valence-corrected chi connectivity index (χ2v) is 10.6. The highest BCUT2D eigenvalue weighted by atomic mass is 32.2. The van der Waals surface area contributed by atoms with Crippen LogP contribution >= 0.6 is 0 Å². The van der Waals surface area contributed by atoms with Crippen LogP contribution in [0.1, 0.15) is 48.9 Å². The van der Waals surface area contributed by atoms with Gasteiger partial charge in [-0.3, -0.25) is 0 Å². The number of hydrogen-bond donors (Lipinski definition) is 2. The van der Waals surface area contributed by atoms with Crippen molar-refractivity contribution in [1.29, 1.82) is 0 Å². The lowest BCUT2D eigenvalue weighted by molar-refractivity contribution is 0.105. The number of carbonyl (C=O) groups excluding carboxylic acids is 1. The summed E-state index contributed by atoms with van der Waals surface area (Å²) in [6.45, 7) is 4.43. The van der Waals surface area contributed by atoms with Gasteiger partial charge in [0, 0.05) is 18.5 Å². The first kappa shape index (κ1) is 20.4. The summed E-state index contributed by atoms with van der Waals surface area (Å²) >= 11 is 0. The van der Waals surface area contributed by atoms with Crippen molar-refractivity contribution in [2.24, 2.45) is 9.50 Å². The van der Waals surface area contributed by atoms with Crippen molar-refractivity contribution >= 4 is 21.6 Å². The van der Waals surface area contributed by atoms with Crippen LogP contribution in [0.4, 0.5) is 14.9 Å². The number of alkyl halides is 1. The van der Waals surface area contributed by atoms with E-state index in [4.69, 9.17) is 9.88 Å². The molecule has 1 aromatic carbocycles. The second-order valence-electron chi connectivity index (χ2n) is 8.85. The first-order valence-corrected chi connectivity index (χ1v) is 12.2. The van der Waals surface area contributed by atoms with E-state index in [2.05, 4.69) is 20.8 Å². The van der Waals surface area contributed by atoms with Crippen molar-refractivity contribution in [3.63, 3.8) is 0 Å². The Bertz CT molecular complexity index is 1220. The molecule has 2 aliphatic carbocycles. The van der Waals surface area contributed by atoms with E-state index in [0.29, 0.717) is 18.7 Å². The molecule has 3 atom stereocenters. The van der Waals surface area contributed by atoms with Crippen LogP contribution in [0, 0.1) is 0 Å². The monoisotopic (exact) mass is 447 g/mol. The van der Waals surface area contributed by atoms with E-state index in [1.807, 2.05) is 13.8 Å². The molecule has 2 aromatic rings. The normalized spacial score (nSPS) is 25.4. The number of urea groups is 1. The number of ether oxygens (including phenoxy) is 1. The van der Waals surface area contributed by atoms with Crippen molar-refractivity contribution in [2.45, 2.75) is 75.6 Å². The molecule has 166 valence electrons. The molecule has 1 aliphatic heterocycles. The number of rotatable bonds is 3. The predicted octanol–water partition coefficient (Wildman–Crippen LogP) is 3.30. The van der Waals surface area contributed by atoms with Gasteiger partial charge in [-0.2, -0.15) is 5.10 Å². The zero-order valence-corrected chi connectivity index (χ0v) is 18.4. The van der Waals surface area contributed by atoms with Crippen molar-refractivity contribution in [3.8, 4) is 5.88 Å². The minimum atomic E-state index is -3.58. The van der Waals surface area contributed by atoms with E-state index in [1.54, 1.807) is 4.68 Å². The van der Waals surface area contributed by atoms with E-state index in [0.717, 1.165) is 47.9 Å². The van der Waals surface area contributed by atoms with Crippen molar-refractivity contribution < 1.29 is 18.1 Å². The molecule has 0 saturated carbocycles. The summed E-state index contributed by atoms with van der Waals surface area (Å²) in [5.41, 5.74) is 4.05. The van der Waals surface area contributed by atoms with Crippen molar-refractivity contribution in [2.75, 3.05) is 5.32 Å². The van der Waals surface area contributed by atoms with Gasteiger partial charge in [0.1, 0.15) is 16.7 Å². The average Bonchev–Trinajstić information content (AvgIpc) is 3.43. The fourth-order valence-corrected chi connectivity index (χ4v) is 5.78. The average molecular weight is 448 g/mol. The number of fused-ring (bicyclic) bond motifs is 3. The third-order valence-electron chi connectivity index (χ3n) is 6.57. The maximum absolute atomic E-state index is 14.1. The number of aromatic nitrogens is 2. The van der Waals surface area contributed by atoms with E-state index in [1.165, 1.54) is 6.20 Å². The minimum Gasteiger partial charge on any atom is -0.469 e. The largest absolute Gasteiger partial charge is 0.469 e. The Labute approximate surface area is 180 Å². The zero-order valence-electron chi connectivity index (χ0n) is 17.6. The summed E-state index contributed by atoms with van der Waals surface area (Å²) in [4.78, 5) is 12.9. The number of aryl methyl sites for hydroxylation is 1.